The molecule has 0 saturated carbocycles. The smallest absolute Gasteiger partial charge is 0.169 e. The molecule has 4 rings (SSSR count). The number of rotatable bonds is 6. The monoisotopic (exact) mass is 395 g/mol. The molecule has 2 aliphatic rings. The quantitative estimate of drug-likeness (QED) is 0.813. The Labute approximate surface area is 172 Å². The first kappa shape index (κ1) is 19.9. The van der Waals surface area contributed by atoms with Gasteiger partial charge in [-0.05, 0) is 61.5 Å². The van der Waals surface area contributed by atoms with Crippen LogP contribution in [-0.4, -0.2) is 49.2 Å². The topological polar surface area (TPSA) is 59.0 Å². The maximum Gasteiger partial charge on any atom is 0.169 e. The molecule has 5 nitrogen and oxygen atoms in total. The molecule has 1 fully saturated rings. The second-order valence-electron chi connectivity index (χ2n) is 8.13. The van der Waals surface area contributed by atoms with Crippen molar-refractivity contribution in [3.05, 3.63) is 59.2 Å². The van der Waals surface area contributed by atoms with Crippen LogP contribution < -0.4 is 9.47 Å². The van der Waals surface area contributed by atoms with E-state index in [0.717, 1.165) is 38.0 Å². The lowest BCUT2D eigenvalue weighted by molar-refractivity contribution is 0.0202. The highest BCUT2D eigenvalue weighted by Gasteiger charge is 2.40. The Kier molecular flexibility index (Phi) is 5.88. The predicted octanol–water partition coefficient (Wildman–Crippen LogP) is 3.33. The summed E-state index contributed by atoms with van der Waals surface area (Å²) in [4.78, 5) is 15.4. The van der Waals surface area contributed by atoms with Crippen molar-refractivity contribution in [3.8, 4) is 11.5 Å². The van der Waals surface area contributed by atoms with Crippen molar-refractivity contribution in [3.63, 3.8) is 0 Å². The van der Waals surface area contributed by atoms with E-state index >= 15 is 0 Å². The molecular weight excluding hydrogens is 366 g/mol. The van der Waals surface area contributed by atoms with E-state index in [1.165, 1.54) is 5.56 Å². The molecule has 0 amide bonds. The molecule has 2 aromatic carbocycles. The summed E-state index contributed by atoms with van der Waals surface area (Å²) in [5, 5.41) is 11.0. The number of aliphatic hydroxyl groups is 1. The van der Waals surface area contributed by atoms with Crippen LogP contribution in [0.15, 0.2) is 42.5 Å². The van der Waals surface area contributed by atoms with Crippen molar-refractivity contribution < 1.29 is 19.4 Å². The van der Waals surface area contributed by atoms with Gasteiger partial charge in [0, 0.05) is 12.1 Å². The summed E-state index contributed by atoms with van der Waals surface area (Å²) in [5.74, 6) is 1.01. The first-order valence-corrected chi connectivity index (χ1v) is 10.3. The van der Waals surface area contributed by atoms with Crippen LogP contribution in [0.4, 0.5) is 0 Å². The molecular formula is C24H29NO4. The number of aliphatic hydroxyl groups excluding tert-OH is 1. The Balaban J connectivity index is 1.39. The van der Waals surface area contributed by atoms with Gasteiger partial charge in [0.1, 0.15) is 0 Å². The predicted molar refractivity (Wildman–Crippen MR) is 112 cm³/mol. The fraction of sp³-hybridized carbons (Fsp3) is 0.458. The van der Waals surface area contributed by atoms with E-state index in [0.29, 0.717) is 23.5 Å². The molecule has 5 heteroatoms. The van der Waals surface area contributed by atoms with Gasteiger partial charge in [-0.15, -0.1) is 0 Å². The minimum absolute atomic E-state index is 0.0279. The highest BCUT2D eigenvalue weighted by molar-refractivity contribution is 6.03. The van der Waals surface area contributed by atoms with E-state index < -0.39 is 6.10 Å². The van der Waals surface area contributed by atoms with Gasteiger partial charge in [0.15, 0.2) is 17.3 Å². The molecule has 0 radical (unpaired) electrons. The van der Waals surface area contributed by atoms with Gasteiger partial charge >= 0.3 is 0 Å². The van der Waals surface area contributed by atoms with Crippen LogP contribution in [0.5, 0.6) is 11.5 Å². The number of likely N-dealkylation sites (tertiary alicyclic amines) is 1. The zero-order valence-corrected chi connectivity index (χ0v) is 17.1. The molecule has 1 N–H and O–H groups in total. The van der Waals surface area contributed by atoms with Gasteiger partial charge in [-0.25, -0.2) is 0 Å². The number of ether oxygens (including phenoxy) is 2. The normalized spacial score (nSPS) is 21.1. The largest absolute Gasteiger partial charge is 0.493 e. The van der Waals surface area contributed by atoms with Gasteiger partial charge in [-0.2, -0.15) is 0 Å². The molecule has 2 atom stereocenters. The van der Waals surface area contributed by atoms with Crippen LogP contribution >= 0.6 is 0 Å². The van der Waals surface area contributed by atoms with Crippen molar-refractivity contribution >= 4 is 5.78 Å². The van der Waals surface area contributed by atoms with E-state index in [-0.39, 0.29) is 17.6 Å². The van der Waals surface area contributed by atoms with Crippen LogP contribution in [0.3, 0.4) is 0 Å². The van der Waals surface area contributed by atoms with Crippen LogP contribution in [0.1, 0.15) is 34.3 Å². The molecule has 1 aliphatic heterocycles. The summed E-state index contributed by atoms with van der Waals surface area (Å²) in [6, 6.07) is 14.1. The third-order valence-corrected chi connectivity index (χ3v) is 6.43. The Bertz CT molecular complexity index is 859. The number of nitrogens with zero attached hydrogens (tertiary/aromatic N) is 1. The van der Waals surface area contributed by atoms with E-state index in [1.807, 2.05) is 12.1 Å². The lowest BCUT2D eigenvalue weighted by atomic mass is 9.82. The summed E-state index contributed by atoms with van der Waals surface area (Å²) >= 11 is 0. The molecule has 1 aliphatic carbocycles. The fourth-order valence-electron chi connectivity index (χ4n) is 4.75. The molecule has 0 spiro atoms. The number of hydrogen-bond acceptors (Lipinski definition) is 5. The zero-order valence-electron chi connectivity index (χ0n) is 17.1. The van der Waals surface area contributed by atoms with Crippen LogP contribution in [-0.2, 0) is 13.0 Å². The first-order chi connectivity index (χ1) is 14.1. The van der Waals surface area contributed by atoms with Crippen molar-refractivity contribution in [2.45, 2.75) is 31.9 Å². The highest BCUT2D eigenvalue weighted by atomic mass is 16.5. The van der Waals surface area contributed by atoms with Gasteiger partial charge in [0.2, 0.25) is 0 Å². The number of piperidine rings is 1. The van der Waals surface area contributed by atoms with Crippen LogP contribution in [0.25, 0.3) is 0 Å². The SMILES string of the molecule is COc1cc2c(cc1OC)C(=O)C([C@@H](O)C1CCN(Cc3ccccc3)CC1)C2. The van der Waals surface area contributed by atoms with Gasteiger partial charge in [0.25, 0.3) is 0 Å². The van der Waals surface area contributed by atoms with Crippen molar-refractivity contribution in [1.29, 1.82) is 0 Å². The average molecular weight is 395 g/mol. The van der Waals surface area contributed by atoms with E-state index in [9.17, 15) is 9.90 Å². The van der Waals surface area contributed by atoms with Gasteiger partial charge in [-0.3, -0.25) is 9.69 Å². The van der Waals surface area contributed by atoms with Crippen LogP contribution in [0, 0.1) is 11.8 Å². The molecule has 2 aromatic rings. The number of methoxy groups -OCH3 is 2. The minimum atomic E-state index is -0.606. The number of Topliss-reactive ketones (excluding diaryl/α,β-unsaturated/α-hetero) is 1. The number of benzene rings is 2. The maximum absolute atomic E-state index is 13.0. The van der Waals surface area contributed by atoms with E-state index in [1.54, 1.807) is 20.3 Å². The number of carbonyl (C=O) groups excluding carboxylic acids is 1. The highest BCUT2D eigenvalue weighted by Crippen LogP contribution is 2.39. The van der Waals surface area contributed by atoms with Gasteiger partial charge < -0.3 is 14.6 Å². The Morgan fingerprint density at radius 3 is 2.38 bits per heavy atom. The molecule has 1 unspecified atom stereocenters. The number of ketones is 1. The first-order valence-electron chi connectivity index (χ1n) is 10.3. The van der Waals surface area contributed by atoms with Crippen molar-refractivity contribution in [1.82, 2.24) is 4.90 Å². The van der Waals surface area contributed by atoms with Crippen molar-refractivity contribution in [2.24, 2.45) is 11.8 Å². The number of carbonyl (C=O) groups is 1. The lowest BCUT2D eigenvalue weighted by Crippen LogP contribution is -2.41. The lowest BCUT2D eigenvalue weighted by Gasteiger charge is -2.35. The van der Waals surface area contributed by atoms with Gasteiger partial charge in [0.05, 0.1) is 26.2 Å². The summed E-state index contributed by atoms with van der Waals surface area (Å²) < 4.78 is 10.7. The standard InChI is InChI=1S/C24H29NO4/c1-28-21-13-18-12-20(24(27)19(18)14-22(21)29-2)23(26)17-8-10-25(11-9-17)15-16-6-4-3-5-7-16/h3-7,13-14,17,20,23,26H,8-12,15H2,1-2H3/t20?,23-/m0/s1. The molecule has 1 heterocycles. The fourth-order valence-corrected chi connectivity index (χ4v) is 4.75. The molecule has 29 heavy (non-hydrogen) atoms. The second-order valence-corrected chi connectivity index (χ2v) is 8.13. The molecule has 0 bridgehead atoms. The third-order valence-electron chi connectivity index (χ3n) is 6.43. The second kappa shape index (κ2) is 8.56. The summed E-state index contributed by atoms with van der Waals surface area (Å²) in [6.07, 6.45) is 1.80. The average Bonchev–Trinajstić information content (AvgIpc) is 3.09. The third kappa shape index (κ3) is 4.02. The summed E-state index contributed by atoms with van der Waals surface area (Å²) in [7, 11) is 3.16. The molecule has 1 saturated heterocycles. The Morgan fingerprint density at radius 1 is 1.07 bits per heavy atom. The molecule has 0 aromatic heterocycles. The minimum Gasteiger partial charge on any atom is -0.493 e. The van der Waals surface area contributed by atoms with Gasteiger partial charge in [-0.1, -0.05) is 30.3 Å². The van der Waals surface area contributed by atoms with E-state index in [2.05, 4.69) is 29.2 Å². The van der Waals surface area contributed by atoms with Crippen molar-refractivity contribution in [2.75, 3.05) is 27.3 Å². The molecule has 154 valence electrons. The number of fused-ring (bicyclic) bond motifs is 1. The summed E-state index contributed by atoms with van der Waals surface area (Å²) in [6.45, 7) is 2.84. The Hall–Kier alpha value is -2.37. The number of hydrogen-bond donors (Lipinski definition) is 1. The Morgan fingerprint density at radius 2 is 1.72 bits per heavy atom. The van der Waals surface area contributed by atoms with E-state index in [4.69, 9.17) is 9.47 Å². The van der Waals surface area contributed by atoms with Crippen LogP contribution in [0.2, 0.25) is 0 Å². The zero-order chi connectivity index (χ0) is 20.4. The summed E-state index contributed by atoms with van der Waals surface area (Å²) in [5.41, 5.74) is 2.92. The maximum atomic E-state index is 13.0.